The zero-order chi connectivity index (χ0) is 15.4. The van der Waals surface area contributed by atoms with Gasteiger partial charge >= 0.3 is 0 Å². The first-order valence-corrected chi connectivity index (χ1v) is 6.84. The van der Waals surface area contributed by atoms with Crippen molar-refractivity contribution in [2.45, 2.75) is 32.4 Å². The molecule has 0 aromatic heterocycles. The first-order valence-electron chi connectivity index (χ1n) is 6.84. The monoisotopic (exact) mass is 292 g/mol. The Morgan fingerprint density at radius 2 is 2.14 bits per heavy atom. The quantitative estimate of drug-likeness (QED) is 0.845. The molecule has 2 amide bonds. The predicted molar refractivity (Wildman–Crippen MR) is 77.3 cm³/mol. The summed E-state index contributed by atoms with van der Waals surface area (Å²) in [6.07, 6.45) is 0.951. The molecule has 1 unspecified atom stereocenters. The van der Waals surface area contributed by atoms with Gasteiger partial charge in [-0.1, -0.05) is 0 Å². The van der Waals surface area contributed by atoms with Gasteiger partial charge in [0.15, 0.2) is 0 Å². The molecule has 114 valence electrons. The number of hydrogen-bond donors (Lipinski definition) is 2. The second-order valence-electron chi connectivity index (χ2n) is 4.96. The largest absolute Gasteiger partial charge is 0.496 e. The van der Waals surface area contributed by atoms with Gasteiger partial charge < -0.3 is 20.1 Å². The standard InChI is InChI=1S/C15H20N2O4/c1-9-12(20-2)6-4-10(14(9)21-3)8-16-15(19)11-5-7-13(18)17-11/h4,6,11H,5,7-8H2,1-3H3,(H,16,19)(H,17,18). The van der Waals surface area contributed by atoms with Crippen LogP contribution in [0.5, 0.6) is 11.5 Å². The van der Waals surface area contributed by atoms with E-state index in [0.29, 0.717) is 25.1 Å². The van der Waals surface area contributed by atoms with Gasteiger partial charge in [-0.3, -0.25) is 9.59 Å². The highest BCUT2D eigenvalue weighted by Crippen LogP contribution is 2.31. The normalized spacial score (nSPS) is 17.3. The Bertz CT molecular complexity index is 557. The minimum Gasteiger partial charge on any atom is -0.496 e. The van der Waals surface area contributed by atoms with Crippen LogP contribution in [-0.4, -0.2) is 32.1 Å². The summed E-state index contributed by atoms with van der Waals surface area (Å²) in [5.41, 5.74) is 1.76. The summed E-state index contributed by atoms with van der Waals surface area (Å²) < 4.78 is 10.6. The molecule has 1 fully saturated rings. The number of carbonyl (C=O) groups is 2. The molecule has 0 spiro atoms. The zero-order valence-corrected chi connectivity index (χ0v) is 12.5. The van der Waals surface area contributed by atoms with Crippen molar-refractivity contribution in [2.24, 2.45) is 0 Å². The molecular formula is C15H20N2O4. The van der Waals surface area contributed by atoms with Crippen LogP contribution in [0.1, 0.15) is 24.0 Å². The third kappa shape index (κ3) is 3.26. The molecule has 1 heterocycles. The third-order valence-electron chi connectivity index (χ3n) is 3.63. The molecule has 1 atom stereocenters. The van der Waals surface area contributed by atoms with Gasteiger partial charge in [-0.25, -0.2) is 0 Å². The average Bonchev–Trinajstić information content (AvgIpc) is 2.91. The Morgan fingerprint density at radius 1 is 1.38 bits per heavy atom. The van der Waals surface area contributed by atoms with Gasteiger partial charge in [0.05, 0.1) is 14.2 Å². The molecule has 1 aliphatic heterocycles. The molecule has 1 aromatic rings. The highest BCUT2D eigenvalue weighted by Gasteiger charge is 2.27. The topological polar surface area (TPSA) is 76.7 Å². The van der Waals surface area contributed by atoms with Crippen LogP contribution in [0, 0.1) is 6.92 Å². The average molecular weight is 292 g/mol. The maximum atomic E-state index is 12.0. The van der Waals surface area contributed by atoms with Crippen LogP contribution in [0.3, 0.4) is 0 Å². The number of hydrogen-bond acceptors (Lipinski definition) is 4. The molecule has 2 rings (SSSR count). The van der Waals surface area contributed by atoms with Gasteiger partial charge in [0.25, 0.3) is 0 Å². The fourth-order valence-corrected chi connectivity index (χ4v) is 2.49. The van der Waals surface area contributed by atoms with Crippen molar-refractivity contribution < 1.29 is 19.1 Å². The minimum absolute atomic E-state index is 0.0759. The van der Waals surface area contributed by atoms with Crippen molar-refractivity contribution in [3.8, 4) is 11.5 Å². The summed E-state index contributed by atoms with van der Waals surface area (Å²) in [4.78, 5) is 23.1. The highest BCUT2D eigenvalue weighted by atomic mass is 16.5. The first-order chi connectivity index (χ1) is 10.1. The van der Waals surface area contributed by atoms with Crippen LogP contribution in [0.25, 0.3) is 0 Å². The lowest BCUT2D eigenvalue weighted by Crippen LogP contribution is -2.41. The number of methoxy groups -OCH3 is 2. The molecule has 0 radical (unpaired) electrons. The summed E-state index contributed by atoms with van der Waals surface area (Å²) in [5.74, 6) is 1.19. The molecule has 1 saturated heterocycles. The van der Waals surface area contributed by atoms with Crippen LogP contribution in [0.2, 0.25) is 0 Å². The molecule has 1 aromatic carbocycles. The van der Waals surface area contributed by atoms with E-state index < -0.39 is 6.04 Å². The van der Waals surface area contributed by atoms with Crippen molar-refractivity contribution in [1.29, 1.82) is 0 Å². The maximum absolute atomic E-state index is 12.0. The van der Waals surface area contributed by atoms with Gasteiger partial charge in [-0.05, 0) is 25.5 Å². The summed E-state index contributed by atoms with van der Waals surface area (Å²) in [6, 6.07) is 3.28. The van der Waals surface area contributed by atoms with Gasteiger partial charge in [-0.15, -0.1) is 0 Å². The zero-order valence-electron chi connectivity index (χ0n) is 12.5. The summed E-state index contributed by atoms with van der Waals surface area (Å²) in [6.45, 7) is 2.25. The number of ether oxygens (including phenoxy) is 2. The van der Waals surface area contributed by atoms with E-state index in [1.807, 2.05) is 19.1 Å². The molecule has 0 saturated carbocycles. The van der Waals surface area contributed by atoms with Crippen molar-refractivity contribution in [2.75, 3.05) is 14.2 Å². The van der Waals surface area contributed by atoms with E-state index in [1.54, 1.807) is 14.2 Å². The van der Waals surface area contributed by atoms with E-state index >= 15 is 0 Å². The van der Waals surface area contributed by atoms with Crippen LogP contribution < -0.4 is 20.1 Å². The van der Waals surface area contributed by atoms with E-state index in [1.165, 1.54) is 0 Å². The van der Waals surface area contributed by atoms with Gasteiger partial charge in [0, 0.05) is 24.1 Å². The van der Waals surface area contributed by atoms with Crippen molar-refractivity contribution in [3.63, 3.8) is 0 Å². The smallest absolute Gasteiger partial charge is 0.242 e. The number of carbonyl (C=O) groups excluding carboxylic acids is 2. The van der Waals surface area contributed by atoms with E-state index in [9.17, 15) is 9.59 Å². The number of rotatable bonds is 5. The number of amides is 2. The van der Waals surface area contributed by atoms with Crippen molar-refractivity contribution in [1.82, 2.24) is 10.6 Å². The fourth-order valence-electron chi connectivity index (χ4n) is 2.49. The number of nitrogens with one attached hydrogen (secondary N) is 2. The SMILES string of the molecule is COc1ccc(CNC(=O)C2CCC(=O)N2)c(OC)c1C. The molecule has 0 bridgehead atoms. The van der Waals surface area contributed by atoms with E-state index in [0.717, 1.165) is 16.9 Å². The Balaban J connectivity index is 2.04. The molecule has 2 N–H and O–H groups in total. The Labute approximate surface area is 123 Å². The second-order valence-corrected chi connectivity index (χ2v) is 4.96. The Hall–Kier alpha value is -2.24. The fraction of sp³-hybridized carbons (Fsp3) is 0.467. The Morgan fingerprint density at radius 3 is 2.71 bits per heavy atom. The van der Waals surface area contributed by atoms with E-state index in [2.05, 4.69) is 10.6 Å². The van der Waals surface area contributed by atoms with E-state index in [-0.39, 0.29) is 11.8 Å². The Kier molecular flexibility index (Phi) is 4.67. The predicted octanol–water partition coefficient (Wildman–Crippen LogP) is 0.907. The van der Waals surface area contributed by atoms with Crippen molar-refractivity contribution >= 4 is 11.8 Å². The molecule has 0 aliphatic carbocycles. The molecule has 6 heteroatoms. The number of benzene rings is 1. The molecule has 1 aliphatic rings. The second kappa shape index (κ2) is 6.47. The van der Waals surface area contributed by atoms with Gasteiger partial charge in [0.2, 0.25) is 11.8 Å². The third-order valence-corrected chi connectivity index (χ3v) is 3.63. The van der Waals surface area contributed by atoms with Crippen LogP contribution in [0.4, 0.5) is 0 Å². The van der Waals surface area contributed by atoms with Gasteiger partial charge in [0.1, 0.15) is 17.5 Å². The summed E-state index contributed by atoms with van der Waals surface area (Å²) in [5, 5.41) is 5.47. The highest BCUT2D eigenvalue weighted by molar-refractivity contribution is 5.90. The molecule has 21 heavy (non-hydrogen) atoms. The molecule has 6 nitrogen and oxygen atoms in total. The van der Waals surface area contributed by atoms with E-state index in [4.69, 9.17) is 9.47 Å². The lowest BCUT2D eigenvalue weighted by atomic mass is 10.1. The lowest BCUT2D eigenvalue weighted by molar-refractivity contribution is -0.125. The summed E-state index contributed by atoms with van der Waals surface area (Å²) in [7, 11) is 3.19. The van der Waals surface area contributed by atoms with Crippen molar-refractivity contribution in [3.05, 3.63) is 23.3 Å². The van der Waals surface area contributed by atoms with Crippen LogP contribution >= 0.6 is 0 Å². The van der Waals surface area contributed by atoms with Crippen LogP contribution in [0.15, 0.2) is 12.1 Å². The maximum Gasteiger partial charge on any atom is 0.242 e. The lowest BCUT2D eigenvalue weighted by Gasteiger charge is -2.16. The van der Waals surface area contributed by atoms with Gasteiger partial charge in [-0.2, -0.15) is 0 Å². The first kappa shape index (κ1) is 15.2. The van der Waals surface area contributed by atoms with Crippen LogP contribution in [-0.2, 0) is 16.1 Å². The minimum atomic E-state index is -0.428. The molecular weight excluding hydrogens is 272 g/mol. The summed E-state index contributed by atoms with van der Waals surface area (Å²) >= 11 is 0.